The topological polar surface area (TPSA) is 80.6 Å². The Morgan fingerprint density at radius 2 is 1.97 bits per heavy atom. The highest BCUT2D eigenvalue weighted by atomic mass is 32.2. The number of hydrogen-bond donors (Lipinski definition) is 1. The summed E-state index contributed by atoms with van der Waals surface area (Å²) in [5.74, 6) is -0.301. The quantitative estimate of drug-likeness (QED) is 0.628. The van der Waals surface area contributed by atoms with Gasteiger partial charge in [0.2, 0.25) is 15.9 Å². The summed E-state index contributed by atoms with van der Waals surface area (Å²) in [7, 11) is -2.04. The fraction of sp³-hybridized carbons (Fsp3) is 0.318. The standard InChI is InChI=1S/C22H25N3O4S/c1-29-15-14-24-13-11-17-16-18(9-10-20(17)24)23-22(26)21-8-5-12-25(21)30(27,28)19-6-3-2-4-7-19/h2-4,6-7,9-11,13,16,21H,5,8,12,14-15H2,1H3,(H,23,26). The van der Waals surface area contributed by atoms with Crippen molar-refractivity contribution < 1.29 is 17.9 Å². The van der Waals surface area contributed by atoms with E-state index in [0.29, 0.717) is 31.7 Å². The first-order valence-electron chi connectivity index (χ1n) is 9.96. The molecule has 0 bridgehead atoms. The van der Waals surface area contributed by atoms with Gasteiger partial charge in [-0.15, -0.1) is 0 Å². The molecule has 30 heavy (non-hydrogen) atoms. The molecule has 1 atom stereocenters. The Labute approximate surface area is 176 Å². The van der Waals surface area contributed by atoms with Gasteiger partial charge in [0.15, 0.2) is 0 Å². The molecule has 0 spiro atoms. The summed E-state index contributed by atoms with van der Waals surface area (Å²) in [6.07, 6.45) is 3.15. The van der Waals surface area contributed by atoms with E-state index in [1.807, 2.05) is 30.5 Å². The maximum Gasteiger partial charge on any atom is 0.243 e. The summed E-state index contributed by atoms with van der Waals surface area (Å²) in [5.41, 5.74) is 1.71. The molecular weight excluding hydrogens is 402 g/mol. The molecule has 4 rings (SSSR count). The van der Waals surface area contributed by atoms with Crippen molar-refractivity contribution in [2.45, 2.75) is 30.3 Å². The van der Waals surface area contributed by atoms with Gasteiger partial charge in [-0.25, -0.2) is 8.42 Å². The highest BCUT2D eigenvalue weighted by Crippen LogP contribution is 2.27. The zero-order valence-electron chi connectivity index (χ0n) is 16.8. The molecule has 1 aliphatic heterocycles. The maximum atomic E-state index is 13.0. The molecule has 0 aliphatic carbocycles. The molecule has 1 aromatic heterocycles. The van der Waals surface area contributed by atoms with Crippen LogP contribution in [0.5, 0.6) is 0 Å². The monoisotopic (exact) mass is 427 g/mol. The average molecular weight is 428 g/mol. The summed E-state index contributed by atoms with van der Waals surface area (Å²) in [6.45, 7) is 1.71. The second-order valence-corrected chi connectivity index (χ2v) is 9.24. The molecule has 0 radical (unpaired) electrons. The van der Waals surface area contributed by atoms with E-state index in [1.54, 1.807) is 37.4 Å². The van der Waals surface area contributed by atoms with Crippen LogP contribution in [0.2, 0.25) is 0 Å². The van der Waals surface area contributed by atoms with Crippen molar-refractivity contribution in [3.8, 4) is 0 Å². The second kappa shape index (κ2) is 8.59. The molecule has 1 unspecified atom stereocenters. The van der Waals surface area contributed by atoms with Crippen LogP contribution in [0.15, 0.2) is 65.7 Å². The molecule has 3 aromatic rings. The number of carbonyl (C=O) groups excluding carboxylic acids is 1. The minimum atomic E-state index is -3.71. The number of sulfonamides is 1. The fourth-order valence-corrected chi connectivity index (χ4v) is 5.58. The minimum absolute atomic E-state index is 0.212. The van der Waals surface area contributed by atoms with Crippen LogP contribution in [0.4, 0.5) is 5.69 Å². The number of benzene rings is 2. The number of nitrogens with zero attached hydrogens (tertiary/aromatic N) is 2. The van der Waals surface area contributed by atoms with E-state index in [4.69, 9.17) is 4.74 Å². The van der Waals surface area contributed by atoms with Gasteiger partial charge in [0.25, 0.3) is 0 Å². The highest BCUT2D eigenvalue weighted by molar-refractivity contribution is 7.89. The summed E-state index contributed by atoms with van der Waals surface area (Å²) in [5, 5.41) is 3.91. The van der Waals surface area contributed by atoms with Crippen LogP contribution >= 0.6 is 0 Å². The van der Waals surface area contributed by atoms with Gasteiger partial charge in [0, 0.05) is 43.0 Å². The number of amides is 1. The van der Waals surface area contributed by atoms with Gasteiger partial charge in [0.05, 0.1) is 11.5 Å². The van der Waals surface area contributed by atoms with E-state index in [-0.39, 0.29) is 10.8 Å². The predicted octanol–water partition coefficient (Wildman–Crippen LogP) is 3.08. The molecule has 8 heteroatoms. The third kappa shape index (κ3) is 3.98. The van der Waals surface area contributed by atoms with Crippen LogP contribution in [-0.4, -0.2) is 49.5 Å². The molecular formula is C22H25N3O4S. The Morgan fingerprint density at radius 1 is 1.17 bits per heavy atom. The Morgan fingerprint density at radius 3 is 2.73 bits per heavy atom. The van der Waals surface area contributed by atoms with Gasteiger partial charge in [-0.05, 0) is 49.2 Å². The number of hydrogen-bond acceptors (Lipinski definition) is 4. The lowest BCUT2D eigenvalue weighted by molar-refractivity contribution is -0.119. The molecule has 1 N–H and O–H groups in total. The number of carbonyl (C=O) groups is 1. The Balaban J connectivity index is 1.52. The lowest BCUT2D eigenvalue weighted by Crippen LogP contribution is -2.43. The van der Waals surface area contributed by atoms with Crippen LogP contribution in [0, 0.1) is 0 Å². The number of anilines is 1. The van der Waals surface area contributed by atoms with Crippen LogP contribution < -0.4 is 5.32 Å². The van der Waals surface area contributed by atoms with Crippen molar-refractivity contribution in [1.82, 2.24) is 8.87 Å². The highest BCUT2D eigenvalue weighted by Gasteiger charge is 2.39. The van der Waals surface area contributed by atoms with Crippen molar-refractivity contribution in [3.63, 3.8) is 0 Å². The third-order valence-corrected chi connectivity index (χ3v) is 7.35. The molecule has 7 nitrogen and oxygen atoms in total. The first-order valence-corrected chi connectivity index (χ1v) is 11.4. The molecule has 1 saturated heterocycles. The Kier molecular flexibility index (Phi) is 5.90. The smallest absolute Gasteiger partial charge is 0.243 e. The molecule has 2 aromatic carbocycles. The van der Waals surface area contributed by atoms with E-state index in [9.17, 15) is 13.2 Å². The van der Waals surface area contributed by atoms with Gasteiger partial charge < -0.3 is 14.6 Å². The van der Waals surface area contributed by atoms with Crippen LogP contribution in [0.1, 0.15) is 12.8 Å². The first-order chi connectivity index (χ1) is 14.5. The molecule has 2 heterocycles. The van der Waals surface area contributed by atoms with Crippen molar-refractivity contribution in [2.75, 3.05) is 25.6 Å². The molecule has 0 saturated carbocycles. The second-order valence-electron chi connectivity index (χ2n) is 7.35. The van der Waals surface area contributed by atoms with Crippen LogP contribution in [-0.2, 0) is 26.1 Å². The van der Waals surface area contributed by atoms with Gasteiger partial charge in [-0.1, -0.05) is 18.2 Å². The number of nitrogens with one attached hydrogen (secondary N) is 1. The van der Waals surface area contributed by atoms with Crippen molar-refractivity contribution in [1.29, 1.82) is 0 Å². The van der Waals surface area contributed by atoms with Gasteiger partial charge in [-0.2, -0.15) is 4.31 Å². The fourth-order valence-electron chi connectivity index (χ4n) is 3.91. The molecule has 158 valence electrons. The molecule has 1 amide bonds. The molecule has 1 fully saturated rings. The Hall–Kier alpha value is -2.68. The van der Waals surface area contributed by atoms with E-state index in [2.05, 4.69) is 9.88 Å². The summed E-state index contributed by atoms with van der Waals surface area (Å²) in [6, 6.07) is 15.2. The SMILES string of the molecule is COCCn1ccc2cc(NC(=O)C3CCCN3S(=O)(=O)c3ccccc3)ccc21. The largest absolute Gasteiger partial charge is 0.383 e. The van der Waals surface area contributed by atoms with Crippen LogP contribution in [0.3, 0.4) is 0 Å². The average Bonchev–Trinajstić information content (AvgIpc) is 3.40. The number of aromatic nitrogens is 1. The number of ether oxygens (including phenoxy) is 1. The maximum absolute atomic E-state index is 13.0. The van der Waals surface area contributed by atoms with Crippen molar-refractivity contribution in [2.24, 2.45) is 0 Å². The minimum Gasteiger partial charge on any atom is -0.383 e. The number of methoxy groups -OCH3 is 1. The van der Waals surface area contributed by atoms with Gasteiger partial charge in [-0.3, -0.25) is 4.79 Å². The summed E-state index contributed by atoms with van der Waals surface area (Å²) >= 11 is 0. The van der Waals surface area contributed by atoms with E-state index in [0.717, 1.165) is 17.4 Å². The van der Waals surface area contributed by atoms with E-state index >= 15 is 0 Å². The lowest BCUT2D eigenvalue weighted by atomic mass is 10.2. The zero-order chi connectivity index (χ0) is 21.1. The number of fused-ring (bicyclic) bond motifs is 1. The summed E-state index contributed by atoms with van der Waals surface area (Å²) < 4.78 is 34.5. The van der Waals surface area contributed by atoms with E-state index in [1.165, 1.54) is 4.31 Å². The van der Waals surface area contributed by atoms with Crippen molar-refractivity contribution >= 4 is 32.5 Å². The van der Waals surface area contributed by atoms with Crippen molar-refractivity contribution in [3.05, 3.63) is 60.8 Å². The molecule has 1 aliphatic rings. The zero-order valence-corrected chi connectivity index (χ0v) is 17.6. The first kappa shape index (κ1) is 20.6. The lowest BCUT2D eigenvalue weighted by Gasteiger charge is -2.23. The third-order valence-electron chi connectivity index (χ3n) is 5.43. The predicted molar refractivity (Wildman–Crippen MR) is 116 cm³/mol. The Bertz CT molecular complexity index is 1140. The normalized spacial score (nSPS) is 17.4. The number of rotatable bonds is 7. The van der Waals surface area contributed by atoms with Gasteiger partial charge in [0.1, 0.15) is 6.04 Å². The van der Waals surface area contributed by atoms with E-state index < -0.39 is 16.1 Å². The summed E-state index contributed by atoms with van der Waals surface area (Å²) in [4.78, 5) is 13.2. The van der Waals surface area contributed by atoms with Crippen LogP contribution in [0.25, 0.3) is 10.9 Å². The van der Waals surface area contributed by atoms with Gasteiger partial charge >= 0.3 is 0 Å².